The Morgan fingerprint density at radius 3 is 1.12 bits per heavy atom. The van der Waals surface area contributed by atoms with Crippen molar-refractivity contribution in [2.24, 2.45) is 0 Å². The minimum Gasteiger partial charge on any atom is -0.341 e. The molecule has 1 aromatic rings. The van der Waals surface area contributed by atoms with E-state index >= 15 is 0 Å². The number of halogens is 1. The van der Waals surface area contributed by atoms with Crippen LogP contribution in [0.15, 0.2) is 10.5 Å². The van der Waals surface area contributed by atoms with Gasteiger partial charge in [0.05, 0.1) is 0 Å². The van der Waals surface area contributed by atoms with Gasteiger partial charge in [-0.25, -0.2) is 4.47 Å². The van der Waals surface area contributed by atoms with Crippen molar-refractivity contribution in [3.63, 3.8) is 0 Å². The largest absolute Gasteiger partial charge is 0.341 e. The zero-order valence-electron chi connectivity index (χ0n) is 10.1. The Hall–Kier alpha value is 8.53. The van der Waals surface area contributed by atoms with Gasteiger partial charge in [0.25, 0.3) is 0 Å². The third-order valence-electron chi connectivity index (χ3n) is 1.05. The first-order valence-corrected chi connectivity index (χ1v) is 3.56. The summed E-state index contributed by atoms with van der Waals surface area (Å²) in [6, 6.07) is 8.19. The van der Waals surface area contributed by atoms with Gasteiger partial charge in [0, 0.05) is 262 Å². The topological polar surface area (TPSA) is 0 Å². The summed E-state index contributed by atoms with van der Waals surface area (Å²) in [6.07, 6.45) is 0. The second-order valence-corrected chi connectivity index (χ2v) is 2.87. The SMILES string of the molecule is Cc1[c-]c(Br)[c-]c(C)c1.[Y].[Y].[Y].[Y].[Y].[Y].[Y].[Y]. The number of hydrogen-bond donors (Lipinski definition) is 0. The minimum absolute atomic E-state index is 0. The average Bonchev–Trinajstić information content (AvgIpc) is 1.59. The third-order valence-corrected chi connectivity index (χ3v) is 1.44. The average molecular weight is 894 g/mol. The van der Waals surface area contributed by atoms with Crippen molar-refractivity contribution in [3.8, 4) is 0 Å². The van der Waals surface area contributed by atoms with Crippen LogP contribution in [0.4, 0.5) is 0 Å². The summed E-state index contributed by atoms with van der Waals surface area (Å²) in [5.41, 5.74) is 2.30. The smallest absolute Gasteiger partial charge is 0 e. The Balaban J connectivity index is -0.0000000169. The molecule has 0 atom stereocenters. The van der Waals surface area contributed by atoms with Gasteiger partial charge in [-0.15, -0.1) is 15.9 Å². The van der Waals surface area contributed by atoms with Crippen LogP contribution in [0.2, 0.25) is 0 Å². The van der Waals surface area contributed by atoms with Crippen LogP contribution in [0, 0.1) is 26.0 Å². The molecule has 0 bridgehead atoms. The molecule has 8 radical (unpaired) electrons. The van der Waals surface area contributed by atoms with Gasteiger partial charge in [-0.2, -0.15) is 0 Å². The van der Waals surface area contributed by atoms with E-state index in [0.717, 1.165) is 15.6 Å². The summed E-state index contributed by atoms with van der Waals surface area (Å²) in [5.74, 6) is 0. The first-order valence-electron chi connectivity index (χ1n) is 2.77. The van der Waals surface area contributed by atoms with E-state index in [1.807, 2.05) is 19.9 Å². The zero-order valence-corrected chi connectivity index (χ0v) is 34.4. The molecule has 1 aromatic carbocycles. The number of hydrogen-bond acceptors (Lipinski definition) is 0. The summed E-state index contributed by atoms with van der Waals surface area (Å²) in [7, 11) is 0. The van der Waals surface area contributed by atoms with E-state index in [1.165, 1.54) is 0 Å². The van der Waals surface area contributed by atoms with Gasteiger partial charge in [-0.05, 0) is 0 Å². The molecule has 0 heterocycles. The van der Waals surface area contributed by atoms with Crippen LogP contribution in [0.5, 0.6) is 0 Å². The molecule has 0 fully saturated rings. The van der Waals surface area contributed by atoms with Crippen molar-refractivity contribution in [1.29, 1.82) is 0 Å². The van der Waals surface area contributed by atoms with Crippen LogP contribution in [0.1, 0.15) is 11.1 Å². The van der Waals surface area contributed by atoms with Crippen LogP contribution in [0.3, 0.4) is 0 Å². The monoisotopic (exact) mass is 893 g/mol. The molecule has 0 aromatic heterocycles. The Labute approximate surface area is 315 Å². The van der Waals surface area contributed by atoms with E-state index in [4.69, 9.17) is 0 Å². The van der Waals surface area contributed by atoms with Crippen molar-refractivity contribution in [2.75, 3.05) is 0 Å². The quantitative estimate of drug-likeness (QED) is 0.352. The summed E-state index contributed by atoms with van der Waals surface area (Å²) in [5, 5.41) is 0. The fourth-order valence-electron chi connectivity index (χ4n) is 0.774. The molecule has 0 saturated carbocycles. The Kier molecular flexibility index (Phi) is 94.8. The minimum atomic E-state index is 0. The summed E-state index contributed by atoms with van der Waals surface area (Å²) in [4.78, 5) is 0. The van der Waals surface area contributed by atoms with Gasteiger partial charge in [0.1, 0.15) is 0 Å². The van der Waals surface area contributed by atoms with Gasteiger partial charge < -0.3 is 12.1 Å². The van der Waals surface area contributed by atoms with Crippen LogP contribution < -0.4 is 0 Å². The molecule has 17 heavy (non-hydrogen) atoms. The molecular formula is C8H7BrY8-2. The van der Waals surface area contributed by atoms with Crippen molar-refractivity contribution in [2.45, 2.75) is 13.8 Å². The zero-order chi connectivity index (χ0) is 6.85. The van der Waals surface area contributed by atoms with Crippen LogP contribution in [-0.4, -0.2) is 0 Å². The van der Waals surface area contributed by atoms with Gasteiger partial charge in [-0.3, -0.25) is 17.2 Å². The molecule has 0 unspecified atom stereocenters. The normalized spacial score (nSPS) is 5.12. The van der Waals surface area contributed by atoms with Gasteiger partial charge in [-0.1, -0.05) is 13.8 Å². The van der Waals surface area contributed by atoms with Crippen LogP contribution >= 0.6 is 15.9 Å². The molecule has 9 heteroatoms. The summed E-state index contributed by atoms with van der Waals surface area (Å²) < 4.78 is 0.917. The van der Waals surface area contributed by atoms with Gasteiger partial charge in [0.2, 0.25) is 0 Å². The second-order valence-electron chi connectivity index (χ2n) is 2.07. The Morgan fingerprint density at radius 1 is 0.706 bits per heavy atom. The molecule has 0 saturated heterocycles. The predicted molar refractivity (Wildman–Crippen MR) is 41.3 cm³/mol. The standard InChI is InChI=1S/C8H7Br.8Y/c1-6-3-7(2)5-8(9)4-6;;;;;;;;/h3H,1-2H3;;;;;;;;/q-2;;;;;;;;. The van der Waals surface area contributed by atoms with Crippen LogP contribution in [-0.2, 0) is 262 Å². The molecule has 0 nitrogen and oxygen atoms in total. The van der Waals surface area contributed by atoms with E-state index in [1.54, 1.807) is 0 Å². The molecule has 0 N–H and O–H groups in total. The summed E-state index contributed by atoms with van der Waals surface area (Å²) >= 11 is 3.30. The molecule has 1 rings (SSSR count). The van der Waals surface area contributed by atoms with E-state index in [0.29, 0.717) is 0 Å². The molecule has 0 amide bonds. The van der Waals surface area contributed by atoms with E-state index in [-0.39, 0.29) is 262 Å². The van der Waals surface area contributed by atoms with Gasteiger partial charge >= 0.3 is 0 Å². The molecule has 0 aliphatic heterocycles. The van der Waals surface area contributed by atoms with E-state index in [9.17, 15) is 0 Å². The molecule has 0 aliphatic carbocycles. The fourth-order valence-corrected chi connectivity index (χ4v) is 1.40. The molecule has 72 valence electrons. The fraction of sp³-hybridized carbons (Fsp3) is 0.250. The maximum Gasteiger partial charge on any atom is 0 e. The maximum absolute atomic E-state index is 3.30. The van der Waals surface area contributed by atoms with Crippen molar-refractivity contribution >= 4 is 15.9 Å². The Morgan fingerprint density at radius 2 is 0.941 bits per heavy atom. The predicted octanol–water partition coefficient (Wildman–Crippen LogP) is 2.65. The Bertz CT molecular complexity index is 182. The molecule has 0 aliphatic rings. The van der Waals surface area contributed by atoms with Crippen molar-refractivity contribution in [3.05, 3.63) is 33.8 Å². The van der Waals surface area contributed by atoms with Gasteiger partial charge in [0.15, 0.2) is 0 Å². The van der Waals surface area contributed by atoms with Crippen LogP contribution in [0.25, 0.3) is 0 Å². The first-order chi connectivity index (χ1) is 4.18. The number of benzene rings is 1. The number of rotatable bonds is 0. The first kappa shape index (κ1) is 50.0. The van der Waals surface area contributed by atoms with E-state index in [2.05, 4.69) is 28.1 Å². The second kappa shape index (κ2) is 32.2. The maximum atomic E-state index is 3.30. The molecular weight excluding hydrogens is 887 g/mol. The summed E-state index contributed by atoms with van der Waals surface area (Å²) in [6.45, 7) is 4.04. The molecule has 0 spiro atoms. The van der Waals surface area contributed by atoms with E-state index < -0.39 is 0 Å². The van der Waals surface area contributed by atoms with Crippen molar-refractivity contribution in [1.82, 2.24) is 0 Å². The number of aryl methyl sites for hydroxylation is 2. The van der Waals surface area contributed by atoms with Crippen molar-refractivity contribution < 1.29 is 262 Å². The third kappa shape index (κ3) is 29.5.